The van der Waals surface area contributed by atoms with Crippen molar-refractivity contribution in [2.45, 2.75) is 37.8 Å². The summed E-state index contributed by atoms with van der Waals surface area (Å²) in [6.45, 7) is 2.84. The van der Waals surface area contributed by atoms with Crippen LogP contribution >= 0.6 is 11.8 Å². The van der Waals surface area contributed by atoms with E-state index in [1.165, 1.54) is 8.99 Å². The van der Waals surface area contributed by atoms with Crippen molar-refractivity contribution >= 4 is 27.8 Å². The second-order valence-corrected chi connectivity index (χ2v) is 8.17. The standard InChI is InChI=1S/C12H19N3O4S2/c1-8-12(9(2)15(13-8)6-11(16)17)21(18,19)14(3)10-4-5-20-7-10/h10H,4-7H2,1-3H3,(H,16,17). The zero-order valence-corrected chi connectivity index (χ0v) is 13.9. The molecule has 0 saturated carbocycles. The fraction of sp³-hybridized carbons (Fsp3) is 0.667. The molecule has 0 spiro atoms. The summed E-state index contributed by atoms with van der Waals surface area (Å²) in [5.74, 6) is 0.697. The highest BCUT2D eigenvalue weighted by Crippen LogP contribution is 2.29. The number of aliphatic carboxylic acids is 1. The summed E-state index contributed by atoms with van der Waals surface area (Å²) in [6, 6.07) is -0.0124. The second kappa shape index (κ2) is 5.98. The van der Waals surface area contributed by atoms with E-state index in [0.29, 0.717) is 11.4 Å². The fourth-order valence-corrected chi connectivity index (χ4v) is 5.60. The number of aryl methyl sites for hydroxylation is 1. The van der Waals surface area contributed by atoms with E-state index in [0.717, 1.165) is 17.9 Å². The number of hydrogen-bond donors (Lipinski definition) is 1. The molecular weight excluding hydrogens is 314 g/mol. The summed E-state index contributed by atoms with van der Waals surface area (Å²) in [5, 5.41) is 12.9. The summed E-state index contributed by atoms with van der Waals surface area (Å²) in [7, 11) is -2.07. The average molecular weight is 333 g/mol. The minimum Gasteiger partial charge on any atom is -0.480 e. The highest BCUT2D eigenvalue weighted by Gasteiger charge is 2.34. The number of thioether (sulfide) groups is 1. The number of aromatic nitrogens is 2. The Morgan fingerprint density at radius 1 is 1.52 bits per heavy atom. The minimum atomic E-state index is -3.65. The molecule has 1 N–H and O–H groups in total. The van der Waals surface area contributed by atoms with Crippen LogP contribution in [0.3, 0.4) is 0 Å². The molecule has 1 aromatic heterocycles. The van der Waals surface area contributed by atoms with E-state index in [1.54, 1.807) is 32.7 Å². The molecule has 1 saturated heterocycles. The maximum absolute atomic E-state index is 12.8. The van der Waals surface area contributed by atoms with Crippen LogP contribution in [0, 0.1) is 13.8 Å². The zero-order valence-electron chi connectivity index (χ0n) is 12.2. The Labute approximate surface area is 128 Å². The third kappa shape index (κ3) is 3.09. The molecule has 1 aromatic rings. The Bertz CT molecular complexity index is 648. The topological polar surface area (TPSA) is 92.5 Å². The van der Waals surface area contributed by atoms with Crippen molar-refractivity contribution in [3.8, 4) is 0 Å². The Balaban J connectivity index is 2.40. The van der Waals surface area contributed by atoms with Gasteiger partial charge in [0.15, 0.2) is 0 Å². The first-order chi connectivity index (χ1) is 9.75. The molecular formula is C12H19N3O4S2. The van der Waals surface area contributed by atoms with Gasteiger partial charge < -0.3 is 5.11 Å². The lowest BCUT2D eigenvalue weighted by Gasteiger charge is -2.23. The normalized spacial score (nSPS) is 19.3. The number of sulfonamides is 1. The van der Waals surface area contributed by atoms with Crippen molar-refractivity contribution in [2.24, 2.45) is 0 Å². The number of rotatable bonds is 5. The molecule has 1 aliphatic rings. The predicted molar refractivity (Wildman–Crippen MR) is 80.0 cm³/mol. The Hall–Kier alpha value is -1.06. The van der Waals surface area contributed by atoms with Crippen LogP contribution in [0.5, 0.6) is 0 Å². The van der Waals surface area contributed by atoms with Gasteiger partial charge >= 0.3 is 5.97 Å². The highest BCUT2D eigenvalue weighted by molar-refractivity contribution is 7.99. The highest BCUT2D eigenvalue weighted by atomic mass is 32.2. The van der Waals surface area contributed by atoms with E-state index in [4.69, 9.17) is 5.11 Å². The first-order valence-electron chi connectivity index (χ1n) is 6.56. The number of nitrogens with zero attached hydrogens (tertiary/aromatic N) is 3. The monoisotopic (exact) mass is 333 g/mol. The quantitative estimate of drug-likeness (QED) is 0.853. The van der Waals surface area contributed by atoms with Crippen molar-refractivity contribution < 1.29 is 18.3 Å². The van der Waals surface area contributed by atoms with Gasteiger partial charge in [-0.3, -0.25) is 9.48 Å². The summed E-state index contributed by atoms with van der Waals surface area (Å²) >= 11 is 1.74. The van der Waals surface area contributed by atoms with E-state index in [-0.39, 0.29) is 17.5 Å². The average Bonchev–Trinajstić information content (AvgIpc) is 2.97. The number of carbonyl (C=O) groups is 1. The van der Waals surface area contributed by atoms with Gasteiger partial charge in [-0.1, -0.05) is 0 Å². The molecule has 9 heteroatoms. The molecule has 0 radical (unpaired) electrons. The smallest absolute Gasteiger partial charge is 0.325 e. The maximum Gasteiger partial charge on any atom is 0.325 e. The van der Waals surface area contributed by atoms with Crippen LogP contribution in [0.4, 0.5) is 0 Å². The molecule has 0 bridgehead atoms. The van der Waals surface area contributed by atoms with Gasteiger partial charge in [0, 0.05) is 18.8 Å². The number of carboxylic acids is 1. The SMILES string of the molecule is Cc1nn(CC(=O)O)c(C)c1S(=O)(=O)N(C)C1CCSC1. The van der Waals surface area contributed by atoms with E-state index < -0.39 is 16.0 Å². The molecule has 118 valence electrons. The Kier molecular flexibility index (Phi) is 4.64. The van der Waals surface area contributed by atoms with Gasteiger partial charge in [-0.25, -0.2) is 8.42 Å². The van der Waals surface area contributed by atoms with Crippen molar-refractivity contribution in [1.29, 1.82) is 0 Å². The third-order valence-electron chi connectivity index (χ3n) is 3.66. The number of carboxylic acid groups (broad SMARTS) is 1. The van der Waals surface area contributed by atoms with E-state index in [2.05, 4.69) is 5.10 Å². The predicted octanol–water partition coefficient (Wildman–Crippen LogP) is 0.711. The van der Waals surface area contributed by atoms with Crippen LogP contribution in [0.15, 0.2) is 4.90 Å². The fourth-order valence-electron chi connectivity index (χ4n) is 2.48. The van der Waals surface area contributed by atoms with E-state index >= 15 is 0 Å². The van der Waals surface area contributed by atoms with Gasteiger partial charge in [0.2, 0.25) is 10.0 Å². The molecule has 21 heavy (non-hydrogen) atoms. The number of hydrogen-bond acceptors (Lipinski definition) is 5. The molecule has 0 aromatic carbocycles. The summed E-state index contributed by atoms with van der Waals surface area (Å²) in [6.07, 6.45) is 0.835. The van der Waals surface area contributed by atoms with Gasteiger partial charge in [-0.2, -0.15) is 21.2 Å². The molecule has 0 amide bonds. The van der Waals surface area contributed by atoms with Crippen LogP contribution in [0.1, 0.15) is 17.8 Å². The van der Waals surface area contributed by atoms with E-state index in [1.807, 2.05) is 0 Å². The molecule has 1 aliphatic heterocycles. The van der Waals surface area contributed by atoms with Crippen LogP contribution in [-0.4, -0.2) is 58.2 Å². The molecule has 2 heterocycles. The lowest BCUT2D eigenvalue weighted by Crippen LogP contribution is -2.37. The lowest BCUT2D eigenvalue weighted by molar-refractivity contribution is -0.137. The van der Waals surface area contributed by atoms with Crippen molar-refractivity contribution in [3.63, 3.8) is 0 Å². The molecule has 2 rings (SSSR count). The summed E-state index contributed by atoms with van der Waals surface area (Å²) < 4.78 is 28.2. The molecule has 7 nitrogen and oxygen atoms in total. The maximum atomic E-state index is 12.8. The van der Waals surface area contributed by atoms with Crippen LogP contribution < -0.4 is 0 Å². The Morgan fingerprint density at radius 2 is 2.19 bits per heavy atom. The summed E-state index contributed by atoms with van der Waals surface area (Å²) in [5.41, 5.74) is 0.707. The van der Waals surface area contributed by atoms with Crippen molar-refractivity contribution in [3.05, 3.63) is 11.4 Å². The van der Waals surface area contributed by atoms with Gasteiger partial charge in [0.25, 0.3) is 0 Å². The molecule has 1 atom stereocenters. The first kappa shape index (κ1) is 16.3. The minimum absolute atomic E-state index is 0.0124. The lowest BCUT2D eigenvalue weighted by atomic mass is 10.3. The Morgan fingerprint density at radius 3 is 2.71 bits per heavy atom. The largest absolute Gasteiger partial charge is 0.480 e. The first-order valence-corrected chi connectivity index (χ1v) is 9.16. The molecule has 1 unspecified atom stereocenters. The third-order valence-corrected chi connectivity index (χ3v) is 6.97. The second-order valence-electron chi connectivity index (χ2n) is 5.09. The van der Waals surface area contributed by atoms with Crippen LogP contribution in [-0.2, 0) is 21.4 Å². The van der Waals surface area contributed by atoms with Gasteiger partial charge in [0.1, 0.15) is 11.4 Å². The molecule has 1 fully saturated rings. The van der Waals surface area contributed by atoms with Crippen LogP contribution in [0.25, 0.3) is 0 Å². The van der Waals surface area contributed by atoms with Crippen molar-refractivity contribution in [2.75, 3.05) is 18.6 Å². The van der Waals surface area contributed by atoms with Gasteiger partial charge in [-0.05, 0) is 26.0 Å². The zero-order chi connectivity index (χ0) is 15.8. The van der Waals surface area contributed by atoms with Crippen LogP contribution in [0.2, 0.25) is 0 Å². The van der Waals surface area contributed by atoms with Gasteiger partial charge in [0.05, 0.1) is 11.4 Å². The summed E-state index contributed by atoms with van der Waals surface area (Å²) in [4.78, 5) is 10.9. The molecule has 0 aliphatic carbocycles. The van der Waals surface area contributed by atoms with Crippen molar-refractivity contribution in [1.82, 2.24) is 14.1 Å². The van der Waals surface area contributed by atoms with E-state index in [9.17, 15) is 13.2 Å². The van der Waals surface area contributed by atoms with Gasteiger partial charge in [-0.15, -0.1) is 0 Å².